The van der Waals surface area contributed by atoms with Gasteiger partial charge < -0.3 is 20.5 Å². The summed E-state index contributed by atoms with van der Waals surface area (Å²) in [5.41, 5.74) is 0. The van der Waals surface area contributed by atoms with Gasteiger partial charge in [0.2, 0.25) is 5.91 Å². The lowest BCUT2D eigenvalue weighted by atomic mass is 10.0. The monoisotopic (exact) mass is 272 g/mol. The summed E-state index contributed by atoms with van der Waals surface area (Å²) < 4.78 is 5.32. The zero-order valence-corrected chi connectivity index (χ0v) is 11.6. The van der Waals surface area contributed by atoms with Gasteiger partial charge in [0.25, 0.3) is 0 Å². The normalized spacial score (nSPS) is 24.1. The second-order valence-corrected chi connectivity index (χ2v) is 4.98. The van der Waals surface area contributed by atoms with Crippen molar-refractivity contribution in [3.8, 4) is 0 Å². The number of ether oxygens (including phenoxy) is 1. The molecule has 0 aromatic rings. The fraction of sp³-hybridized carbons (Fsp3) is 0.846. The van der Waals surface area contributed by atoms with Gasteiger partial charge in [0.1, 0.15) is 0 Å². The lowest BCUT2D eigenvalue weighted by Gasteiger charge is -2.17. The topological polar surface area (TPSA) is 87.7 Å². The number of nitrogens with one attached hydrogen (secondary N) is 2. The summed E-state index contributed by atoms with van der Waals surface area (Å²) >= 11 is 0. The minimum Gasteiger partial charge on any atom is -0.481 e. The standard InChI is InChI=1S/C13H24N2O4/c1-3-14-11-8-19-7-10(11)12(16)15-6-4-5-9(2)13(17)18/h9-11,14H,3-8H2,1-2H3,(H,15,16)(H,17,18). The number of hydrogen-bond donors (Lipinski definition) is 3. The van der Waals surface area contributed by atoms with E-state index in [1.54, 1.807) is 6.92 Å². The Morgan fingerprint density at radius 1 is 1.42 bits per heavy atom. The van der Waals surface area contributed by atoms with Crippen molar-refractivity contribution in [3.63, 3.8) is 0 Å². The molecule has 0 saturated carbocycles. The van der Waals surface area contributed by atoms with E-state index in [-0.39, 0.29) is 23.8 Å². The average Bonchev–Trinajstić information content (AvgIpc) is 2.82. The number of carbonyl (C=O) groups excluding carboxylic acids is 1. The number of carbonyl (C=O) groups is 2. The molecule has 1 heterocycles. The van der Waals surface area contributed by atoms with Gasteiger partial charge in [-0.15, -0.1) is 0 Å². The van der Waals surface area contributed by atoms with Crippen LogP contribution in [-0.2, 0) is 14.3 Å². The molecule has 0 aliphatic carbocycles. The van der Waals surface area contributed by atoms with Gasteiger partial charge in [-0.25, -0.2) is 0 Å². The number of carboxylic acids is 1. The Balaban J connectivity index is 2.22. The number of aliphatic carboxylic acids is 1. The minimum absolute atomic E-state index is 0.00794. The molecular weight excluding hydrogens is 248 g/mol. The van der Waals surface area contributed by atoms with Crippen LogP contribution in [0.3, 0.4) is 0 Å². The Bertz CT molecular complexity index is 309. The van der Waals surface area contributed by atoms with Crippen molar-refractivity contribution in [3.05, 3.63) is 0 Å². The fourth-order valence-corrected chi connectivity index (χ4v) is 2.15. The van der Waals surface area contributed by atoms with E-state index in [2.05, 4.69) is 10.6 Å². The first-order valence-corrected chi connectivity index (χ1v) is 6.87. The first kappa shape index (κ1) is 15.9. The van der Waals surface area contributed by atoms with Gasteiger partial charge in [0.05, 0.1) is 25.0 Å². The van der Waals surface area contributed by atoms with E-state index < -0.39 is 5.97 Å². The van der Waals surface area contributed by atoms with Crippen molar-refractivity contribution in [2.75, 3.05) is 26.3 Å². The Labute approximate surface area is 113 Å². The molecule has 3 atom stereocenters. The Hall–Kier alpha value is -1.14. The summed E-state index contributed by atoms with van der Waals surface area (Å²) in [7, 11) is 0. The first-order valence-electron chi connectivity index (χ1n) is 6.87. The Morgan fingerprint density at radius 3 is 2.79 bits per heavy atom. The van der Waals surface area contributed by atoms with E-state index in [4.69, 9.17) is 9.84 Å². The summed E-state index contributed by atoms with van der Waals surface area (Å²) in [6.45, 7) is 6.04. The molecule has 3 unspecified atom stereocenters. The quantitative estimate of drug-likeness (QED) is 0.550. The number of likely N-dealkylation sites (N-methyl/N-ethyl adjacent to an activating group) is 1. The predicted molar refractivity (Wildman–Crippen MR) is 70.8 cm³/mol. The van der Waals surface area contributed by atoms with Crippen LogP contribution in [0.2, 0.25) is 0 Å². The minimum atomic E-state index is -0.789. The summed E-state index contributed by atoms with van der Waals surface area (Å²) in [5, 5.41) is 14.8. The Kier molecular flexibility index (Phi) is 6.80. The third-order valence-corrected chi connectivity index (χ3v) is 3.42. The number of amides is 1. The van der Waals surface area contributed by atoms with E-state index in [0.29, 0.717) is 32.6 Å². The van der Waals surface area contributed by atoms with Gasteiger partial charge in [-0.3, -0.25) is 9.59 Å². The SMILES string of the molecule is CCNC1COCC1C(=O)NCCCC(C)C(=O)O. The maximum Gasteiger partial charge on any atom is 0.306 e. The van der Waals surface area contributed by atoms with Crippen LogP contribution in [0, 0.1) is 11.8 Å². The van der Waals surface area contributed by atoms with Gasteiger partial charge >= 0.3 is 5.97 Å². The van der Waals surface area contributed by atoms with E-state index in [0.717, 1.165) is 6.54 Å². The third-order valence-electron chi connectivity index (χ3n) is 3.42. The molecule has 19 heavy (non-hydrogen) atoms. The summed E-state index contributed by atoms with van der Waals surface area (Å²) in [4.78, 5) is 22.6. The number of hydrogen-bond acceptors (Lipinski definition) is 4. The number of rotatable bonds is 8. The van der Waals surface area contributed by atoms with Crippen LogP contribution in [0.25, 0.3) is 0 Å². The van der Waals surface area contributed by atoms with Crippen LogP contribution >= 0.6 is 0 Å². The van der Waals surface area contributed by atoms with Gasteiger partial charge in [-0.2, -0.15) is 0 Å². The highest BCUT2D eigenvalue weighted by Gasteiger charge is 2.33. The van der Waals surface area contributed by atoms with Crippen molar-refractivity contribution in [2.24, 2.45) is 11.8 Å². The molecular formula is C13H24N2O4. The molecule has 1 rings (SSSR count). The van der Waals surface area contributed by atoms with E-state index in [1.165, 1.54) is 0 Å². The summed E-state index contributed by atoms with van der Waals surface area (Å²) in [6, 6.07) is 0.0861. The molecule has 110 valence electrons. The lowest BCUT2D eigenvalue weighted by molar-refractivity contribution is -0.141. The second kappa shape index (κ2) is 8.12. The average molecular weight is 272 g/mol. The van der Waals surface area contributed by atoms with E-state index in [1.807, 2.05) is 6.92 Å². The van der Waals surface area contributed by atoms with Crippen LogP contribution in [0.1, 0.15) is 26.7 Å². The van der Waals surface area contributed by atoms with Crippen LogP contribution in [0.15, 0.2) is 0 Å². The van der Waals surface area contributed by atoms with Crippen molar-refractivity contribution in [1.82, 2.24) is 10.6 Å². The molecule has 0 bridgehead atoms. The van der Waals surface area contributed by atoms with Gasteiger partial charge in [-0.1, -0.05) is 13.8 Å². The zero-order chi connectivity index (χ0) is 14.3. The van der Waals surface area contributed by atoms with Gasteiger partial charge in [0.15, 0.2) is 0 Å². The molecule has 6 nitrogen and oxygen atoms in total. The highest BCUT2D eigenvalue weighted by molar-refractivity contribution is 5.79. The largest absolute Gasteiger partial charge is 0.481 e. The second-order valence-electron chi connectivity index (χ2n) is 4.98. The van der Waals surface area contributed by atoms with Crippen molar-refractivity contribution < 1.29 is 19.4 Å². The van der Waals surface area contributed by atoms with Crippen LogP contribution in [-0.4, -0.2) is 49.3 Å². The van der Waals surface area contributed by atoms with Crippen molar-refractivity contribution in [2.45, 2.75) is 32.7 Å². The van der Waals surface area contributed by atoms with Crippen LogP contribution in [0.4, 0.5) is 0 Å². The van der Waals surface area contributed by atoms with Crippen LogP contribution in [0.5, 0.6) is 0 Å². The molecule has 0 radical (unpaired) electrons. The van der Waals surface area contributed by atoms with E-state index >= 15 is 0 Å². The fourth-order valence-electron chi connectivity index (χ4n) is 2.15. The van der Waals surface area contributed by atoms with E-state index in [9.17, 15) is 9.59 Å². The van der Waals surface area contributed by atoms with Gasteiger partial charge in [0, 0.05) is 12.6 Å². The molecule has 0 aromatic carbocycles. The lowest BCUT2D eigenvalue weighted by Crippen LogP contribution is -2.44. The van der Waals surface area contributed by atoms with Crippen LogP contribution < -0.4 is 10.6 Å². The molecule has 1 fully saturated rings. The molecule has 0 aromatic heterocycles. The zero-order valence-electron chi connectivity index (χ0n) is 11.6. The Morgan fingerprint density at radius 2 is 2.16 bits per heavy atom. The highest BCUT2D eigenvalue weighted by atomic mass is 16.5. The summed E-state index contributed by atoms with van der Waals surface area (Å²) in [5.74, 6) is -1.30. The smallest absolute Gasteiger partial charge is 0.306 e. The molecule has 1 aliphatic rings. The molecule has 1 saturated heterocycles. The highest BCUT2D eigenvalue weighted by Crippen LogP contribution is 2.14. The van der Waals surface area contributed by atoms with Crippen molar-refractivity contribution >= 4 is 11.9 Å². The third kappa shape index (κ3) is 5.16. The molecule has 6 heteroatoms. The molecule has 3 N–H and O–H groups in total. The maximum absolute atomic E-state index is 12.0. The van der Waals surface area contributed by atoms with Crippen molar-refractivity contribution in [1.29, 1.82) is 0 Å². The first-order chi connectivity index (χ1) is 9.06. The molecule has 0 spiro atoms. The predicted octanol–water partition coefficient (Wildman–Crippen LogP) is 0.228. The molecule has 1 amide bonds. The summed E-state index contributed by atoms with van der Waals surface area (Å²) in [6.07, 6.45) is 1.26. The van der Waals surface area contributed by atoms with Gasteiger partial charge in [-0.05, 0) is 19.4 Å². The molecule has 1 aliphatic heterocycles. The number of carboxylic acid groups (broad SMARTS) is 1. The maximum atomic E-state index is 12.0.